The second-order valence-corrected chi connectivity index (χ2v) is 9.34. The van der Waals surface area contributed by atoms with Crippen molar-refractivity contribution in [1.82, 2.24) is 4.90 Å². The molecule has 1 saturated heterocycles. The van der Waals surface area contributed by atoms with Crippen LogP contribution in [0, 0.1) is 6.92 Å². The summed E-state index contributed by atoms with van der Waals surface area (Å²) in [6.45, 7) is 2.15. The summed E-state index contributed by atoms with van der Waals surface area (Å²) < 4.78 is 11.2. The highest BCUT2D eigenvalue weighted by Crippen LogP contribution is 2.32. The van der Waals surface area contributed by atoms with E-state index >= 15 is 0 Å². The summed E-state index contributed by atoms with van der Waals surface area (Å²) in [5, 5.41) is 2.96. The van der Waals surface area contributed by atoms with Crippen molar-refractivity contribution in [1.29, 1.82) is 0 Å². The fourth-order valence-corrected chi connectivity index (χ4v) is 4.30. The largest absolute Gasteiger partial charge is 0.492 e. The molecule has 0 spiro atoms. The molecule has 4 rings (SSSR count). The number of thioether (sulfide) groups is 1. The lowest BCUT2D eigenvalue weighted by molar-refractivity contribution is -0.123. The van der Waals surface area contributed by atoms with Crippen LogP contribution in [0.4, 0.5) is 10.5 Å². The van der Waals surface area contributed by atoms with Gasteiger partial charge < -0.3 is 14.8 Å². The Balaban J connectivity index is 1.31. The van der Waals surface area contributed by atoms with Gasteiger partial charge in [0.1, 0.15) is 18.1 Å². The van der Waals surface area contributed by atoms with Crippen LogP contribution >= 0.6 is 23.4 Å². The Labute approximate surface area is 218 Å². The van der Waals surface area contributed by atoms with Crippen LogP contribution in [0.2, 0.25) is 5.02 Å². The van der Waals surface area contributed by atoms with Crippen molar-refractivity contribution < 1.29 is 23.9 Å². The molecule has 0 saturated carbocycles. The third-order valence-electron chi connectivity index (χ3n) is 5.13. The van der Waals surface area contributed by atoms with Crippen LogP contribution in [0.1, 0.15) is 11.1 Å². The summed E-state index contributed by atoms with van der Waals surface area (Å²) in [4.78, 5) is 38.8. The van der Waals surface area contributed by atoms with Crippen LogP contribution in [-0.4, -0.2) is 41.7 Å². The molecule has 0 aliphatic carbocycles. The molecule has 1 aliphatic rings. The highest BCUT2D eigenvalue weighted by atomic mass is 35.5. The average molecular weight is 523 g/mol. The molecule has 9 heteroatoms. The van der Waals surface area contributed by atoms with E-state index in [0.717, 1.165) is 17.3 Å². The van der Waals surface area contributed by atoms with Crippen molar-refractivity contribution in [3.63, 3.8) is 0 Å². The Morgan fingerprint density at radius 2 is 1.75 bits per heavy atom. The normalized spacial score (nSPS) is 14.3. The first-order chi connectivity index (χ1) is 17.4. The number of benzene rings is 3. The van der Waals surface area contributed by atoms with E-state index in [0.29, 0.717) is 32.7 Å². The zero-order chi connectivity index (χ0) is 25.5. The lowest BCUT2D eigenvalue weighted by Gasteiger charge is -2.13. The van der Waals surface area contributed by atoms with E-state index in [2.05, 4.69) is 5.32 Å². The van der Waals surface area contributed by atoms with Crippen molar-refractivity contribution in [2.45, 2.75) is 6.92 Å². The molecule has 0 atom stereocenters. The molecule has 1 N–H and O–H groups in total. The number of halogens is 1. The Bertz CT molecular complexity index is 1290. The molecular weight excluding hydrogens is 500 g/mol. The molecule has 36 heavy (non-hydrogen) atoms. The fraction of sp³-hybridized carbons (Fsp3) is 0.148. The maximum absolute atomic E-state index is 12.8. The molecule has 3 amide bonds. The quantitative estimate of drug-likeness (QED) is 0.358. The van der Waals surface area contributed by atoms with Crippen LogP contribution in [0.15, 0.2) is 77.7 Å². The Kier molecular flexibility index (Phi) is 8.30. The second kappa shape index (κ2) is 11.8. The van der Waals surface area contributed by atoms with Gasteiger partial charge in [0.2, 0.25) is 0 Å². The third kappa shape index (κ3) is 6.90. The van der Waals surface area contributed by atoms with Crippen LogP contribution in [0.5, 0.6) is 11.5 Å². The monoisotopic (exact) mass is 522 g/mol. The molecule has 1 heterocycles. The molecule has 1 fully saturated rings. The standard InChI is InChI=1S/C27H23ClN2O5S/c1-18-5-11-22(12-6-18)34-14-13-30-26(32)24(36-27(30)33)16-19-3-2-4-23(15-19)35-17-25(31)29-21-9-7-20(28)8-10-21/h2-12,15-16H,13-14,17H2,1H3,(H,29,31)/b24-16-. The molecule has 3 aromatic rings. The number of anilines is 1. The van der Waals surface area contributed by atoms with Crippen molar-refractivity contribution in [3.8, 4) is 11.5 Å². The van der Waals surface area contributed by atoms with Crippen LogP contribution in [-0.2, 0) is 9.59 Å². The topological polar surface area (TPSA) is 84.9 Å². The number of carbonyl (C=O) groups is 3. The van der Waals surface area contributed by atoms with Gasteiger partial charge in [-0.1, -0.05) is 41.4 Å². The van der Waals surface area contributed by atoms with Crippen molar-refractivity contribution >= 4 is 52.2 Å². The maximum atomic E-state index is 12.8. The molecule has 0 radical (unpaired) electrons. The van der Waals surface area contributed by atoms with Crippen molar-refractivity contribution in [2.75, 3.05) is 25.1 Å². The van der Waals surface area contributed by atoms with Crippen molar-refractivity contribution in [3.05, 3.63) is 93.9 Å². The highest BCUT2D eigenvalue weighted by Gasteiger charge is 2.34. The van der Waals surface area contributed by atoms with Gasteiger partial charge in [-0.05, 0) is 78.9 Å². The van der Waals surface area contributed by atoms with Gasteiger partial charge in [0.05, 0.1) is 11.4 Å². The number of imide groups is 1. The van der Waals surface area contributed by atoms with Gasteiger partial charge >= 0.3 is 0 Å². The molecular formula is C27H23ClN2O5S. The molecule has 0 aromatic heterocycles. The summed E-state index contributed by atoms with van der Waals surface area (Å²) in [6.07, 6.45) is 1.63. The molecule has 0 unspecified atom stereocenters. The van der Waals surface area contributed by atoms with Gasteiger partial charge in [0.25, 0.3) is 17.1 Å². The number of hydrogen-bond acceptors (Lipinski definition) is 6. The van der Waals surface area contributed by atoms with Gasteiger partial charge in [-0.3, -0.25) is 19.3 Å². The zero-order valence-electron chi connectivity index (χ0n) is 19.4. The maximum Gasteiger partial charge on any atom is 0.293 e. The number of carbonyl (C=O) groups excluding carboxylic acids is 3. The number of aryl methyl sites for hydroxylation is 1. The van der Waals surface area contributed by atoms with E-state index in [9.17, 15) is 14.4 Å². The van der Waals surface area contributed by atoms with Gasteiger partial charge in [-0.2, -0.15) is 0 Å². The number of ether oxygens (including phenoxy) is 2. The van der Waals surface area contributed by atoms with Gasteiger partial charge in [-0.25, -0.2) is 0 Å². The third-order valence-corrected chi connectivity index (χ3v) is 6.29. The van der Waals surface area contributed by atoms with E-state index in [4.69, 9.17) is 21.1 Å². The predicted molar refractivity (Wildman–Crippen MR) is 141 cm³/mol. The summed E-state index contributed by atoms with van der Waals surface area (Å²) in [5.74, 6) is 0.449. The minimum Gasteiger partial charge on any atom is -0.492 e. The first-order valence-electron chi connectivity index (χ1n) is 11.1. The summed E-state index contributed by atoms with van der Waals surface area (Å²) >= 11 is 6.73. The molecule has 184 valence electrons. The van der Waals surface area contributed by atoms with Crippen molar-refractivity contribution in [2.24, 2.45) is 0 Å². The first-order valence-corrected chi connectivity index (χ1v) is 12.3. The zero-order valence-corrected chi connectivity index (χ0v) is 21.0. The Hall–Kier alpha value is -3.75. The Morgan fingerprint density at radius 1 is 1.00 bits per heavy atom. The fourth-order valence-electron chi connectivity index (χ4n) is 3.31. The lowest BCUT2D eigenvalue weighted by Crippen LogP contribution is -2.32. The number of amides is 3. The van der Waals surface area contributed by atoms with Crippen LogP contribution in [0.25, 0.3) is 6.08 Å². The van der Waals surface area contributed by atoms with Gasteiger partial charge in [0, 0.05) is 10.7 Å². The summed E-state index contributed by atoms with van der Waals surface area (Å²) in [6, 6.07) is 21.3. The van der Waals surface area contributed by atoms with Crippen LogP contribution in [0.3, 0.4) is 0 Å². The second-order valence-electron chi connectivity index (χ2n) is 7.91. The minimum atomic E-state index is -0.369. The number of hydrogen-bond donors (Lipinski definition) is 1. The van der Waals surface area contributed by atoms with E-state index in [1.807, 2.05) is 31.2 Å². The predicted octanol–water partition coefficient (Wildman–Crippen LogP) is 5.78. The molecule has 7 nitrogen and oxygen atoms in total. The molecule has 3 aromatic carbocycles. The number of rotatable bonds is 9. The Morgan fingerprint density at radius 3 is 2.50 bits per heavy atom. The smallest absolute Gasteiger partial charge is 0.293 e. The van der Waals surface area contributed by atoms with E-state index in [-0.39, 0.29) is 36.8 Å². The number of nitrogens with one attached hydrogen (secondary N) is 1. The minimum absolute atomic E-state index is 0.155. The molecule has 1 aliphatic heterocycles. The first kappa shape index (κ1) is 25.3. The van der Waals surface area contributed by atoms with E-state index in [1.165, 1.54) is 4.90 Å². The van der Waals surface area contributed by atoms with E-state index in [1.54, 1.807) is 54.6 Å². The average Bonchev–Trinajstić information content (AvgIpc) is 3.13. The number of nitrogens with zero attached hydrogens (tertiary/aromatic N) is 1. The van der Waals surface area contributed by atoms with Gasteiger partial charge in [0.15, 0.2) is 6.61 Å². The SMILES string of the molecule is Cc1ccc(OCCN2C(=O)S/C(=C\c3cccc(OCC(=O)Nc4ccc(Cl)cc4)c3)C2=O)cc1. The van der Waals surface area contributed by atoms with Gasteiger partial charge in [-0.15, -0.1) is 0 Å². The highest BCUT2D eigenvalue weighted by molar-refractivity contribution is 8.18. The summed E-state index contributed by atoms with van der Waals surface area (Å²) in [5.41, 5.74) is 2.41. The lowest BCUT2D eigenvalue weighted by atomic mass is 10.2. The molecule has 0 bridgehead atoms. The van der Waals surface area contributed by atoms with E-state index < -0.39 is 0 Å². The van der Waals surface area contributed by atoms with Crippen LogP contribution < -0.4 is 14.8 Å². The summed E-state index contributed by atoms with van der Waals surface area (Å²) in [7, 11) is 0.